The number of carbonyl (C=O) groups excluding carboxylic acids is 1. The van der Waals surface area contributed by atoms with Crippen LogP contribution in [-0.4, -0.2) is 19.3 Å². The molecule has 0 fully saturated rings. The molecule has 3 aromatic rings. The first-order valence-corrected chi connectivity index (χ1v) is 10.1. The smallest absolute Gasteiger partial charge is 0.263 e. The standard InChI is InChI=1S/C20H16ClN3O3S/c21-16-5-3-4-15(14-16)7-12-20(25)23-17-8-10-18(11-9-17)28(26,27)24-19-6-1-2-13-22-19/h1-14H,(H,22,24)(H,23,25). The van der Waals surface area contributed by atoms with E-state index in [1.54, 1.807) is 42.5 Å². The zero-order valence-corrected chi connectivity index (χ0v) is 16.1. The van der Waals surface area contributed by atoms with Crippen LogP contribution in [0.25, 0.3) is 6.08 Å². The van der Waals surface area contributed by atoms with E-state index < -0.39 is 10.0 Å². The number of sulfonamides is 1. The molecule has 0 radical (unpaired) electrons. The SMILES string of the molecule is O=C(C=Cc1cccc(Cl)c1)Nc1ccc(S(=O)(=O)Nc2ccccn2)cc1. The maximum absolute atomic E-state index is 12.4. The molecule has 0 bridgehead atoms. The van der Waals surface area contributed by atoms with Gasteiger partial charge in [-0.3, -0.25) is 9.52 Å². The summed E-state index contributed by atoms with van der Waals surface area (Å²) in [6.45, 7) is 0. The average Bonchev–Trinajstić information content (AvgIpc) is 2.67. The van der Waals surface area contributed by atoms with Gasteiger partial charge < -0.3 is 5.32 Å². The lowest BCUT2D eigenvalue weighted by atomic mass is 10.2. The number of hydrogen-bond acceptors (Lipinski definition) is 4. The third-order valence-electron chi connectivity index (χ3n) is 3.61. The van der Waals surface area contributed by atoms with Crippen LogP contribution in [0.15, 0.2) is 83.9 Å². The van der Waals surface area contributed by atoms with Gasteiger partial charge in [0.15, 0.2) is 0 Å². The van der Waals surface area contributed by atoms with E-state index in [0.717, 1.165) is 5.56 Å². The van der Waals surface area contributed by atoms with Crippen molar-refractivity contribution in [2.24, 2.45) is 0 Å². The number of pyridine rings is 1. The van der Waals surface area contributed by atoms with Crippen LogP contribution >= 0.6 is 11.6 Å². The lowest BCUT2D eigenvalue weighted by molar-refractivity contribution is -0.111. The molecule has 142 valence electrons. The summed E-state index contributed by atoms with van der Waals surface area (Å²) in [5.41, 5.74) is 1.27. The first kappa shape index (κ1) is 19.6. The Hall–Kier alpha value is -3.16. The van der Waals surface area contributed by atoms with E-state index in [1.807, 2.05) is 6.07 Å². The van der Waals surface area contributed by atoms with Crippen LogP contribution in [0.4, 0.5) is 11.5 Å². The van der Waals surface area contributed by atoms with Crippen LogP contribution in [0.2, 0.25) is 5.02 Å². The number of nitrogens with one attached hydrogen (secondary N) is 2. The van der Waals surface area contributed by atoms with Crippen molar-refractivity contribution in [3.05, 3.63) is 89.6 Å². The quantitative estimate of drug-likeness (QED) is 0.593. The van der Waals surface area contributed by atoms with Crippen molar-refractivity contribution < 1.29 is 13.2 Å². The van der Waals surface area contributed by atoms with Crippen LogP contribution in [0, 0.1) is 0 Å². The molecule has 2 aromatic carbocycles. The first-order chi connectivity index (χ1) is 13.4. The van der Waals surface area contributed by atoms with Gasteiger partial charge >= 0.3 is 0 Å². The van der Waals surface area contributed by atoms with E-state index in [-0.39, 0.29) is 16.6 Å². The highest BCUT2D eigenvalue weighted by molar-refractivity contribution is 7.92. The van der Waals surface area contributed by atoms with Gasteiger partial charge in [-0.2, -0.15) is 0 Å². The molecule has 1 aromatic heterocycles. The van der Waals surface area contributed by atoms with Gasteiger partial charge in [-0.1, -0.05) is 29.8 Å². The van der Waals surface area contributed by atoms with E-state index in [0.29, 0.717) is 10.7 Å². The second-order valence-corrected chi connectivity index (χ2v) is 7.84. The summed E-state index contributed by atoms with van der Waals surface area (Å²) in [5.74, 6) is -0.117. The number of nitrogens with zero attached hydrogens (tertiary/aromatic N) is 1. The topological polar surface area (TPSA) is 88.2 Å². The molecule has 0 saturated heterocycles. The van der Waals surface area contributed by atoms with Crippen molar-refractivity contribution in [2.75, 3.05) is 10.0 Å². The van der Waals surface area contributed by atoms with Crippen molar-refractivity contribution in [2.45, 2.75) is 4.90 Å². The molecule has 1 amide bonds. The zero-order chi connectivity index (χ0) is 20.0. The van der Waals surface area contributed by atoms with Gasteiger partial charge in [0.2, 0.25) is 5.91 Å². The number of anilines is 2. The summed E-state index contributed by atoms with van der Waals surface area (Å²) in [5, 5.41) is 3.25. The van der Waals surface area contributed by atoms with Gasteiger partial charge in [0.25, 0.3) is 10.0 Å². The zero-order valence-electron chi connectivity index (χ0n) is 14.5. The number of aromatic nitrogens is 1. The highest BCUT2D eigenvalue weighted by Crippen LogP contribution is 2.17. The number of amides is 1. The van der Waals surface area contributed by atoms with Gasteiger partial charge in [-0.25, -0.2) is 13.4 Å². The summed E-state index contributed by atoms with van der Waals surface area (Å²) in [6.07, 6.45) is 4.50. The molecular weight excluding hydrogens is 398 g/mol. The van der Waals surface area contributed by atoms with E-state index >= 15 is 0 Å². The molecule has 0 atom stereocenters. The highest BCUT2D eigenvalue weighted by Gasteiger charge is 2.14. The lowest BCUT2D eigenvalue weighted by Gasteiger charge is -2.08. The third-order valence-corrected chi connectivity index (χ3v) is 5.22. The first-order valence-electron chi connectivity index (χ1n) is 8.21. The van der Waals surface area contributed by atoms with Crippen LogP contribution in [0.1, 0.15) is 5.56 Å². The van der Waals surface area contributed by atoms with Crippen LogP contribution in [0.3, 0.4) is 0 Å². The number of carbonyl (C=O) groups is 1. The summed E-state index contributed by atoms with van der Waals surface area (Å²) in [4.78, 5) is 16.0. The maximum atomic E-state index is 12.4. The Morgan fingerprint density at radius 2 is 1.79 bits per heavy atom. The van der Waals surface area contributed by atoms with Crippen molar-refractivity contribution in [3.8, 4) is 0 Å². The van der Waals surface area contributed by atoms with Gasteiger partial charge in [0.05, 0.1) is 4.90 Å². The number of rotatable bonds is 6. The Balaban J connectivity index is 1.64. The summed E-state index contributed by atoms with van der Waals surface area (Å²) >= 11 is 5.90. The van der Waals surface area contributed by atoms with Crippen molar-refractivity contribution >= 4 is 45.1 Å². The largest absolute Gasteiger partial charge is 0.323 e. The van der Waals surface area contributed by atoms with Crippen molar-refractivity contribution in [3.63, 3.8) is 0 Å². The van der Waals surface area contributed by atoms with Crippen LogP contribution < -0.4 is 10.0 Å². The van der Waals surface area contributed by atoms with Crippen molar-refractivity contribution in [1.29, 1.82) is 0 Å². The Bertz CT molecular complexity index is 1100. The molecule has 0 aliphatic heterocycles. The molecule has 0 aliphatic carbocycles. The van der Waals surface area contributed by atoms with Crippen LogP contribution in [0.5, 0.6) is 0 Å². The monoisotopic (exact) mass is 413 g/mol. The molecule has 3 rings (SSSR count). The molecule has 28 heavy (non-hydrogen) atoms. The average molecular weight is 414 g/mol. The fourth-order valence-corrected chi connectivity index (χ4v) is 3.51. The lowest BCUT2D eigenvalue weighted by Crippen LogP contribution is -2.14. The normalized spacial score (nSPS) is 11.3. The second kappa shape index (κ2) is 8.69. The van der Waals surface area contributed by atoms with Gasteiger partial charge in [0, 0.05) is 23.0 Å². The third kappa shape index (κ3) is 5.42. The van der Waals surface area contributed by atoms with E-state index in [9.17, 15) is 13.2 Å². The summed E-state index contributed by atoms with van der Waals surface area (Å²) in [7, 11) is -3.76. The van der Waals surface area contributed by atoms with Crippen LogP contribution in [-0.2, 0) is 14.8 Å². The number of hydrogen-bond donors (Lipinski definition) is 2. The van der Waals surface area contributed by atoms with Gasteiger partial charge in [-0.05, 0) is 60.2 Å². The highest BCUT2D eigenvalue weighted by atomic mass is 35.5. The Morgan fingerprint density at radius 1 is 1.00 bits per heavy atom. The minimum Gasteiger partial charge on any atom is -0.323 e. The summed E-state index contributed by atoms with van der Waals surface area (Å²) < 4.78 is 27.1. The van der Waals surface area contributed by atoms with Crippen molar-refractivity contribution in [1.82, 2.24) is 4.98 Å². The Morgan fingerprint density at radius 3 is 2.46 bits per heavy atom. The molecule has 8 heteroatoms. The Labute approximate surface area is 167 Å². The minimum atomic E-state index is -3.76. The second-order valence-electron chi connectivity index (χ2n) is 5.72. The van der Waals surface area contributed by atoms with Gasteiger partial charge in [-0.15, -0.1) is 0 Å². The molecular formula is C20H16ClN3O3S. The molecule has 0 spiro atoms. The number of halogens is 1. The fourth-order valence-electron chi connectivity index (χ4n) is 2.30. The predicted molar refractivity (Wildman–Crippen MR) is 111 cm³/mol. The van der Waals surface area contributed by atoms with Gasteiger partial charge in [0.1, 0.15) is 5.82 Å². The molecule has 0 aliphatic rings. The molecule has 6 nitrogen and oxygen atoms in total. The molecule has 2 N–H and O–H groups in total. The molecule has 1 heterocycles. The van der Waals surface area contributed by atoms with E-state index in [2.05, 4.69) is 15.0 Å². The van der Waals surface area contributed by atoms with E-state index in [1.165, 1.54) is 36.5 Å². The summed E-state index contributed by atoms with van der Waals surface area (Å²) in [6, 6.07) is 17.9. The Kier molecular flexibility index (Phi) is 6.08. The molecule has 0 unspecified atom stereocenters. The minimum absolute atomic E-state index is 0.0608. The maximum Gasteiger partial charge on any atom is 0.263 e. The van der Waals surface area contributed by atoms with E-state index in [4.69, 9.17) is 11.6 Å². The fraction of sp³-hybridized carbons (Fsp3) is 0. The number of benzene rings is 2. The predicted octanol–water partition coefficient (Wildman–Crippen LogP) is 4.19. The molecule has 0 saturated carbocycles.